The highest BCUT2D eigenvalue weighted by Gasteiger charge is 2.21. The molecule has 2 rings (SSSR count). The second kappa shape index (κ2) is 7.19. The third-order valence-electron chi connectivity index (χ3n) is 3.64. The fraction of sp³-hybridized carbons (Fsp3) is 0.643. The zero-order chi connectivity index (χ0) is 14.4. The molecule has 2 unspecified atom stereocenters. The zero-order valence-electron chi connectivity index (χ0n) is 11.7. The van der Waals surface area contributed by atoms with Crippen LogP contribution in [0.4, 0.5) is 5.82 Å². The summed E-state index contributed by atoms with van der Waals surface area (Å²) in [6.07, 6.45) is 8.00. The number of hydrogen-bond acceptors (Lipinski definition) is 5. The number of carboxylic acids is 1. The molecule has 0 aromatic carbocycles. The maximum atomic E-state index is 10.6. The maximum Gasteiger partial charge on any atom is 0.356 e. The summed E-state index contributed by atoms with van der Waals surface area (Å²) in [5.74, 6) is 0.132. The van der Waals surface area contributed by atoms with Crippen molar-refractivity contribution < 1.29 is 14.6 Å². The van der Waals surface area contributed by atoms with Crippen LogP contribution in [0.5, 0.6) is 0 Å². The monoisotopic (exact) mass is 279 g/mol. The van der Waals surface area contributed by atoms with E-state index >= 15 is 0 Å². The fourth-order valence-corrected chi connectivity index (χ4v) is 2.45. The predicted octanol–water partition coefficient (Wildman–Crippen LogP) is 2.18. The number of nitrogens with zero attached hydrogens (tertiary/aromatic N) is 2. The van der Waals surface area contributed by atoms with Gasteiger partial charge in [-0.15, -0.1) is 0 Å². The molecule has 1 aliphatic carbocycles. The lowest BCUT2D eigenvalue weighted by molar-refractivity contribution is 0.000369. The minimum atomic E-state index is -1.07. The molecule has 110 valence electrons. The summed E-state index contributed by atoms with van der Waals surface area (Å²) in [5.41, 5.74) is -0.0529. The van der Waals surface area contributed by atoms with Gasteiger partial charge in [-0.1, -0.05) is 19.8 Å². The van der Waals surface area contributed by atoms with Gasteiger partial charge in [-0.2, -0.15) is 0 Å². The quantitative estimate of drug-likeness (QED) is 0.776. The van der Waals surface area contributed by atoms with E-state index in [4.69, 9.17) is 9.84 Å². The lowest BCUT2D eigenvalue weighted by Gasteiger charge is -2.28. The molecule has 1 aromatic rings. The van der Waals surface area contributed by atoms with Crippen LogP contribution < -0.4 is 5.32 Å². The number of aromatic nitrogens is 2. The molecule has 1 fully saturated rings. The van der Waals surface area contributed by atoms with Gasteiger partial charge in [-0.05, 0) is 18.8 Å². The number of carbonyl (C=O) groups is 1. The van der Waals surface area contributed by atoms with Crippen LogP contribution in [-0.4, -0.2) is 40.3 Å². The zero-order valence-corrected chi connectivity index (χ0v) is 11.7. The molecule has 1 saturated carbocycles. The Morgan fingerprint density at radius 3 is 2.85 bits per heavy atom. The third kappa shape index (κ3) is 4.16. The maximum absolute atomic E-state index is 10.6. The summed E-state index contributed by atoms with van der Waals surface area (Å²) in [4.78, 5) is 18.4. The molecule has 0 aliphatic heterocycles. The first-order chi connectivity index (χ1) is 9.66. The first kappa shape index (κ1) is 14.7. The number of aromatic carboxylic acids is 1. The van der Waals surface area contributed by atoms with Gasteiger partial charge in [0.15, 0.2) is 5.69 Å². The van der Waals surface area contributed by atoms with Crippen LogP contribution in [0.3, 0.4) is 0 Å². The fourth-order valence-electron chi connectivity index (χ4n) is 2.45. The van der Waals surface area contributed by atoms with Gasteiger partial charge >= 0.3 is 5.97 Å². The molecule has 6 heteroatoms. The van der Waals surface area contributed by atoms with Crippen molar-refractivity contribution in [2.24, 2.45) is 5.92 Å². The first-order valence-electron chi connectivity index (χ1n) is 7.07. The Morgan fingerprint density at radius 1 is 1.40 bits per heavy atom. The molecule has 0 radical (unpaired) electrons. The average molecular weight is 279 g/mol. The van der Waals surface area contributed by atoms with E-state index in [0.29, 0.717) is 31.0 Å². The molecule has 0 amide bonds. The second-order valence-electron chi connectivity index (χ2n) is 5.19. The Hall–Kier alpha value is -1.69. The van der Waals surface area contributed by atoms with Gasteiger partial charge in [-0.25, -0.2) is 14.8 Å². The second-order valence-corrected chi connectivity index (χ2v) is 5.19. The summed E-state index contributed by atoms with van der Waals surface area (Å²) >= 11 is 0. The van der Waals surface area contributed by atoms with Crippen LogP contribution in [0, 0.1) is 5.92 Å². The van der Waals surface area contributed by atoms with Crippen molar-refractivity contribution in [3.8, 4) is 0 Å². The predicted molar refractivity (Wildman–Crippen MR) is 74.9 cm³/mol. The van der Waals surface area contributed by atoms with Crippen molar-refractivity contribution in [2.75, 3.05) is 18.5 Å². The minimum absolute atomic E-state index is 0.0529. The van der Waals surface area contributed by atoms with Gasteiger partial charge in [0.25, 0.3) is 0 Å². The first-order valence-corrected chi connectivity index (χ1v) is 7.07. The average Bonchev–Trinajstić information content (AvgIpc) is 2.46. The van der Waals surface area contributed by atoms with E-state index in [-0.39, 0.29) is 5.69 Å². The van der Waals surface area contributed by atoms with Crippen LogP contribution in [-0.2, 0) is 4.74 Å². The molecular weight excluding hydrogens is 258 g/mol. The molecule has 20 heavy (non-hydrogen) atoms. The van der Waals surface area contributed by atoms with Crippen LogP contribution in [0.15, 0.2) is 12.4 Å². The van der Waals surface area contributed by atoms with Crippen molar-refractivity contribution in [3.05, 3.63) is 18.1 Å². The summed E-state index contributed by atoms with van der Waals surface area (Å²) < 4.78 is 5.87. The highest BCUT2D eigenvalue weighted by atomic mass is 16.5. The van der Waals surface area contributed by atoms with Crippen molar-refractivity contribution in [3.63, 3.8) is 0 Å². The van der Waals surface area contributed by atoms with E-state index in [1.165, 1.54) is 31.7 Å². The highest BCUT2D eigenvalue weighted by molar-refractivity contribution is 5.84. The van der Waals surface area contributed by atoms with Crippen LogP contribution >= 0.6 is 0 Å². The van der Waals surface area contributed by atoms with Gasteiger partial charge in [0.2, 0.25) is 0 Å². The van der Waals surface area contributed by atoms with E-state index in [1.54, 1.807) is 0 Å². The SMILES string of the molecule is CC1CCCCC1OCCNc1cnc(C(=O)O)cn1. The number of rotatable bonds is 6. The van der Waals surface area contributed by atoms with E-state index in [2.05, 4.69) is 22.2 Å². The lowest BCUT2D eigenvalue weighted by atomic mass is 9.88. The number of anilines is 1. The standard InChI is InChI=1S/C14H21N3O3/c1-10-4-2-3-5-12(10)20-7-6-15-13-9-16-11(8-17-13)14(18)19/h8-10,12H,2-7H2,1H3,(H,15,17)(H,18,19). The number of carboxylic acid groups (broad SMARTS) is 1. The summed E-state index contributed by atoms with van der Waals surface area (Å²) in [6.45, 7) is 3.51. The van der Waals surface area contributed by atoms with Crippen LogP contribution in [0.1, 0.15) is 43.1 Å². The van der Waals surface area contributed by atoms with Crippen LogP contribution in [0.2, 0.25) is 0 Å². The summed E-state index contributed by atoms with van der Waals surface area (Å²) in [6, 6.07) is 0. The Morgan fingerprint density at radius 2 is 2.20 bits per heavy atom. The smallest absolute Gasteiger partial charge is 0.356 e. The number of nitrogens with one attached hydrogen (secondary N) is 1. The van der Waals surface area contributed by atoms with Gasteiger partial charge in [0.05, 0.1) is 25.1 Å². The molecule has 0 spiro atoms. The Balaban J connectivity index is 1.69. The molecule has 6 nitrogen and oxygen atoms in total. The molecule has 0 saturated heterocycles. The molecular formula is C14H21N3O3. The largest absolute Gasteiger partial charge is 0.476 e. The van der Waals surface area contributed by atoms with E-state index in [9.17, 15) is 4.79 Å². The molecule has 1 aliphatic rings. The molecule has 0 bridgehead atoms. The highest BCUT2D eigenvalue weighted by Crippen LogP contribution is 2.26. The Bertz CT molecular complexity index is 436. The van der Waals surface area contributed by atoms with Crippen molar-refractivity contribution >= 4 is 11.8 Å². The van der Waals surface area contributed by atoms with Gasteiger partial charge in [0.1, 0.15) is 5.82 Å². The Kier molecular flexibility index (Phi) is 5.29. The minimum Gasteiger partial charge on any atom is -0.476 e. The van der Waals surface area contributed by atoms with Gasteiger partial charge in [-0.3, -0.25) is 0 Å². The summed E-state index contributed by atoms with van der Waals surface area (Å²) in [5, 5.41) is 11.8. The molecule has 2 atom stereocenters. The van der Waals surface area contributed by atoms with E-state index < -0.39 is 5.97 Å². The molecule has 1 aromatic heterocycles. The lowest BCUT2D eigenvalue weighted by Crippen LogP contribution is -2.27. The number of ether oxygens (including phenoxy) is 1. The van der Waals surface area contributed by atoms with Crippen molar-refractivity contribution in [2.45, 2.75) is 38.7 Å². The third-order valence-corrected chi connectivity index (χ3v) is 3.64. The normalized spacial score (nSPS) is 22.4. The van der Waals surface area contributed by atoms with E-state index in [1.807, 2.05) is 0 Å². The number of hydrogen-bond donors (Lipinski definition) is 2. The summed E-state index contributed by atoms with van der Waals surface area (Å²) in [7, 11) is 0. The topological polar surface area (TPSA) is 84.3 Å². The Labute approximate surface area is 118 Å². The van der Waals surface area contributed by atoms with Gasteiger partial charge < -0.3 is 15.2 Å². The van der Waals surface area contributed by atoms with Gasteiger partial charge in [0, 0.05) is 6.54 Å². The van der Waals surface area contributed by atoms with E-state index in [0.717, 1.165) is 6.42 Å². The molecule has 1 heterocycles. The van der Waals surface area contributed by atoms with Crippen LogP contribution in [0.25, 0.3) is 0 Å². The van der Waals surface area contributed by atoms with Crippen molar-refractivity contribution in [1.82, 2.24) is 9.97 Å². The van der Waals surface area contributed by atoms with Crippen molar-refractivity contribution in [1.29, 1.82) is 0 Å². The molecule has 2 N–H and O–H groups in total.